The number of methoxy groups -OCH3 is 1. The fourth-order valence-electron chi connectivity index (χ4n) is 8.59. The van der Waals surface area contributed by atoms with Crippen LogP contribution in [-0.2, 0) is 32.0 Å². The molecule has 8 bridgehead atoms. The lowest BCUT2D eigenvalue weighted by Gasteiger charge is -2.26. The topological polar surface area (TPSA) is 344 Å². The Morgan fingerprint density at radius 3 is 1.87 bits per heavy atom. The van der Waals surface area contributed by atoms with Gasteiger partial charge in [0.15, 0.2) is 0 Å². The molecule has 5 heterocycles. The number of aliphatic hydroxyl groups excluding tert-OH is 10. The average Bonchev–Trinajstić information content (AvgIpc) is 4.01. The average molecular weight is 937 g/mol. The molecule has 3 aromatic heterocycles. The third-order valence-corrected chi connectivity index (χ3v) is 12.8. The lowest BCUT2D eigenvalue weighted by molar-refractivity contribution is -0.133. The molecule has 0 aromatic carbocycles. The minimum Gasteiger partial charge on any atom is -0.465 e. The number of carbonyl (C=O) groups is 3. The lowest BCUT2D eigenvalue weighted by Crippen LogP contribution is -2.49. The van der Waals surface area contributed by atoms with Crippen molar-refractivity contribution < 1.29 is 70.2 Å². The number of carbonyl (C=O) groups excluding carboxylic acids is 3. The molecule has 366 valence electrons. The lowest BCUT2D eigenvalue weighted by atomic mass is 9.84. The second kappa shape index (κ2) is 22.6. The molecular weight excluding hydrogens is 873 g/mol. The van der Waals surface area contributed by atoms with Crippen LogP contribution >= 0.6 is 0 Å². The molecule has 2 aliphatic rings. The van der Waals surface area contributed by atoms with E-state index in [-0.39, 0.29) is 35.4 Å². The number of aromatic amines is 2. The molecule has 20 nitrogen and oxygen atoms in total. The number of fused-ring (bicyclic) bond motifs is 8. The zero-order valence-corrected chi connectivity index (χ0v) is 38.4. The molecule has 0 spiro atoms. The van der Waals surface area contributed by atoms with E-state index in [1.165, 1.54) is 7.11 Å². The van der Waals surface area contributed by atoms with E-state index in [4.69, 9.17) is 19.8 Å². The summed E-state index contributed by atoms with van der Waals surface area (Å²) in [6.07, 6.45) is -13.0. The van der Waals surface area contributed by atoms with Crippen molar-refractivity contribution in [3.63, 3.8) is 0 Å². The van der Waals surface area contributed by atoms with Gasteiger partial charge in [-0.2, -0.15) is 0 Å². The van der Waals surface area contributed by atoms with Crippen LogP contribution < -0.4 is 10.6 Å². The number of amides is 2. The van der Waals surface area contributed by atoms with E-state index in [0.717, 1.165) is 38.8 Å². The molecule has 20 heteroatoms. The van der Waals surface area contributed by atoms with E-state index < -0.39 is 111 Å². The monoisotopic (exact) mass is 936 g/mol. The number of H-pyrrole nitrogens is 2. The van der Waals surface area contributed by atoms with Crippen LogP contribution in [0.4, 0.5) is 0 Å². The Balaban J connectivity index is 1.73. The molecule has 0 saturated heterocycles. The number of allylic oxidation sites excluding steroid dienone is 1. The number of aromatic nitrogens is 4. The molecule has 14 N–H and O–H groups in total. The van der Waals surface area contributed by atoms with E-state index in [1.807, 2.05) is 45.9 Å². The Bertz CT molecular complexity index is 2520. The van der Waals surface area contributed by atoms with Gasteiger partial charge >= 0.3 is 5.97 Å². The number of esters is 1. The number of aliphatic hydroxyl groups is 10. The van der Waals surface area contributed by atoms with Crippen molar-refractivity contribution >= 4 is 57.1 Å². The predicted molar refractivity (Wildman–Crippen MR) is 247 cm³/mol. The Hall–Kier alpha value is -5.39. The molecule has 0 radical (unpaired) electrons. The second-order valence-electron chi connectivity index (χ2n) is 17.1. The summed E-state index contributed by atoms with van der Waals surface area (Å²) in [5.74, 6) is -3.19. The van der Waals surface area contributed by atoms with Gasteiger partial charge in [0.2, 0.25) is 11.8 Å². The van der Waals surface area contributed by atoms with Crippen LogP contribution in [0.15, 0.2) is 24.8 Å². The smallest absolute Gasteiger partial charge is 0.340 e. The van der Waals surface area contributed by atoms with Gasteiger partial charge in [-0.1, -0.05) is 26.5 Å². The summed E-state index contributed by atoms with van der Waals surface area (Å²) in [7, 11) is 1.21. The van der Waals surface area contributed by atoms with Gasteiger partial charge < -0.3 is 76.4 Å². The summed E-state index contributed by atoms with van der Waals surface area (Å²) in [5.41, 5.74) is 8.57. The number of aryl methyl sites for hydroxylation is 3. The SMILES string of the molecule is C=Cc1c(C)c2cc3nc(c(CC(=O)NC[C@H](O)[C@@H](O)[C@H](O)[C@H](O)CO)c4nc(cc5[nH]c(cc1[nH]2)c(C)c5CC)C(C)=C4C(=O)OC)[C@@H](CCC(=O)NC[C@H](O)[C@@H](O)[C@H](O)[C@H](O)CO)[C@@H]3C. The van der Waals surface area contributed by atoms with Crippen LogP contribution in [0, 0.1) is 13.8 Å². The van der Waals surface area contributed by atoms with Gasteiger partial charge in [0, 0.05) is 70.2 Å². The van der Waals surface area contributed by atoms with Crippen molar-refractivity contribution in [3.8, 4) is 0 Å². The summed E-state index contributed by atoms with van der Waals surface area (Å²) in [4.78, 5) is 58.5. The molecule has 3 aromatic rings. The first-order valence-corrected chi connectivity index (χ1v) is 22.1. The highest BCUT2D eigenvalue weighted by Crippen LogP contribution is 2.44. The van der Waals surface area contributed by atoms with Gasteiger partial charge in [-0.25, -0.2) is 9.78 Å². The van der Waals surface area contributed by atoms with Gasteiger partial charge in [0.25, 0.3) is 0 Å². The zero-order chi connectivity index (χ0) is 49.6. The van der Waals surface area contributed by atoms with E-state index in [0.29, 0.717) is 28.9 Å². The number of nitrogens with one attached hydrogen (secondary N) is 4. The molecule has 2 aliphatic heterocycles. The molecule has 10 atom stereocenters. The normalized spacial score (nSPS) is 18.6. The molecular formula is C47H64N6O14. The maximum Gasteiger partial charge on any atom is 0.340 e. The van der Waals surface area contributed by atoms with Crippen molar-refractivity contribution in [1.82, 2.24) is 30.6 Å². The molecule has 0 unspecified atom stereocenters. The second-order valence-corrected chi connectivity index (χ2v) is 17.1. The number of hydrogen-bond donors (Lipinski definition) is 14. The molecule has 0 fully saturated rings. The predicted octanol–water partition coefficient (Wildman–Crippen LogP) is -0.445. The molecule has 0 saturated carbocycles. The quantitative estimate of drug-likeness (QED) is 0.0639. The highest BCUT2D eigenvalue weighted by atomic mass is 16.5. The summed E-state index contributed by atoms with van der Waals surface area (Å²) in [6, 6.07) is 5.66. The Morgan fingerprint density at radius 2 is 1.31 bits per heavy atom. The van der Waals surface area contributed by atoms with Crippen LogP contribution in [0.2, 0.25) is 0 Å². The first kappa shape index (κ1) is 52.6. The van der Waals surface area contributed by atoms with E-state index >= 15 is 0 Å². The van der Waals surface area contributed by atoms with Gasteiger partial charge in [0.05, 0.1) is 61.6 Å². The highest BCUT2D eigenvalue weighted by Gasteiger charge is 2.37. The standard InChI is InChI=1S/C47H64N6O14/c1-8-24-20(3)28-13-30-22(5)26(10-11-38(60)48-16-34(56)43(62)45(64)36(58)18-54)41(52-30)27(12-39(61)49-17-35(57)44(63)46(65)37(59)19-55)42-40(47(66)67-7)23(6)31(53-42)15-33-25(9-2)21(4)29(51-33)14-32(24)50-28/h8,13-15,22,26,34-37,43-46,50-51,54-59,62-65H,1,9-12,16-19H2,2-7H3,(H,48,60)(H,49,61)/t22-,26-,34-,35-,36+,37+,43+,44+,45+,46+/m0/s1. The Kier molecular flexibility index (Phi) is 17.7. The largest absolute Gasteiger partial charge is 0.465 e. The molecule has 2 amide bonds. The first-order chi connectivity index (χ1) is 31.7. The molecule has 67 heavy (non-hydrogen) atoms. The molecule has 0 aliphatic carbocycles. The van der Waals surface area contributed by atoms with Gasteiger partial charge in [-0.3, -0.25) is 14.6 Å². The Labute approximate surface area is 386 Å². The van der Waals surface area contributed by atoms with Crippen molar-refractivity contribution in [3.05, 3.63) is 75.4 Å². The maximum atomic E-state index is 14.1. The van der Waals surface area contributed by atoms with Crippen LogP contribution in [0.5, 0.6) is 0 Å². The summed E-state index contributed by atoms with van der Waals surface area (Å²) in [5, 5.41) is 105. The summed E-state index contributed by atoms with van der Waals surface area (Å²) < 4.78 is 5.28. The number of ether oxygens (including phenoxy) is 1. The third kappa shape index (κ3) is 11.3. The van der Waals surface area contributed by atoms with E-state index in [2.05, 4.69) is 27.2 Å². The van der Waals surface area contributed by atoms with Crippen LogP contribution in [0.1, 0.15) is 96.0 Å². The first-order valence-electron chi connectivity index (χ1n) is 22.1. The number of hydrogen-bond acceptors (Lipinski definition) is 16. The van der Waals surface area contributed by atoms with E-state index in [9.17, 15) is 60.3 Å². The zero-order valence-electron chi connectivity index (χ0n) is 38.4. The van der Waals surface area contributed by atoms with Crippen molar-refractivity contribution in [1.29, 1.82) is 0 Å². The minimum atomic E-state index is -1.97. The third-order valence-electron chi connectivity index (χ3n) is 12.8. The fraction of sp³-hybridized carbons (Fsp3) is 0.511. The van der Waals surface area contributed by atoms with Crippen molar-refractivity contribution in [2.45, 2.75) is 121 Å². The van der Waals surface area contributed by atoms with Crippen LogP contribution in [-0.4, -0.2) is 171 Å². The Morgan fingerprint density at radius 1 is 0.761 bits per heavy atom. The van der Waals surface area contributed by atoms with Gasteiger partial charge in [0.1, 0.15) is 36.6 Å². The van der Waals surface area contributed by atoms with Crippen molar-refractivity contribution in [2.24, 2.45) is 0 Å². The highest BCUT2D eigenvalue weighted by molar-refractivity contribution is 6.25. The summed E-state index contributed by atoms with van der Waals surface area (Å²) >= 11 is 0. The van der Waals surface area contributed by atoms with Gasteiger partial charge in [-0.15, -0.1) is 0 Å². The van der Waals surface area contributed by atoms with E-state index in [1.54, 1.807) is 13.0 Å². The molecule has 5 rings (SSSR count). The minimum absolute atomic E-state index is 0.0379. The summed E-state index contributed by atoms with van der Waals surface area (Å²) in [6.45, 7) is 10.7. The maximum absolute atomic E-state index is 14.1. The number of rotatable bonds is 20. The fourth-order valence-corrected chi connectivity index (χ4v) is 8.59. The van der Waals surface area contributed by atoms with Crippen LogP contribution in [0.3, 0.4) is 0 Å². The van der Waals surface area contributed by atoms with Crippen LogP contribution in [0.25, 0.3) is 39.3 Å². The van der Waals surface area contributed by atoms with Gasteiger partial charge in [-0.05, 0) is 74.1 Å². The van der Waals surface area contributed by atoms with Crippen molar-refractivity contribution in [2.75, 3.05) is 33.4 Å². The number of nitrogens with zero attached hydrogens (tertiary/aromatic N) is 2.